The largest absolute Gasteiger partial charge is 0.367 e. The number of aryl methyl sites for hydroxylation is 1. The quantitative estimate of drug-likeness (QED) is 0.538. The van der Waals surface area contributed by atoms with E-state index < -0.39 is 10.0 Å². The Morgan fingerprint density at radius 3 is 2.39 bits per heavy atom. The number of aromatic nitrogens is 1. The standard InChI is InChI=1S/C28H33N5O4S/c1-20-18-27(25-7-3-4-8-26(25)29-20)31-14-16-32(17-15-31)28(35)22-6-5-13-33(19-22)38(36,37)24-11-9-23(10-12-24)30-21(2)34/h3-4,7-12,18,22H,5-6,13-17,19H2,1-2H3,(H,30,34)/t22-/m0/s1. The summed E-state index contributed by atoms with van der Waals surface area (Å²) in [5, 5.41) is 3.75. The van der Waals surface area contributed by atoms with Crippen LogP contribution in [0.3, 0.4) is 0 Å². The van der Waals surface area contributed by atoms with Crippen LogP contribution in [-0.4, -0.2) is 73.7 Å². The van der Waals surface area contributed by atoms with Crippen LogP contribution in [0.2, 0.25) is 0 Å². The third-order valence-electron chi connectivity index (χ3n) is 7.30. The van der Waals surface area contributed by atoms with Gasteiger partial charge in [0.1, 0.15) is 0 Å². The van der Waals surface area contributed by atoms with Gasteiger partial charge in [0.05, 0.1) is 16.3 Å². The van der Waals surface area contributed by atoms with E-state index in [1.807, 2.05) is 30.0 Å². The fourth-order valence-corrected chi connectivity index (χ4v) is 6.92. The van der Waals surface area contributed by atoms with Gasteiger partial charge < -0.3 is 15.1 Å². The lowest BCUT2D eigenvalue weighted by molar-refractivity contribution is -0.137. The summed E-state index contributed by atoms with van der Waals surface area (Å²) in [4.78, 5) is 33.7. The maximum absolute atomic E-state index is 13.5. The Hall–Kier alpha value is -3.50. The highest BCUT2D eigenvalue weighted by Crippen LogP contribution is 2.29. The van der Waals surface area contributed by atoms with Crippen LogP contribution in [0.5, 0.6) is 0 Å². The number of hydrogen-bond donors (Lipinski definition) is 1. The second-order valence-corrected chi connectivity index (χ2v) is 12.0. The number of piperazine rings is 1. The van der Waals surface area contributed by atoms with Crippen LogP contribution in [0, 0.1) is 12.8 Å². The van der Waals surface area contributed by atoms with Crippen LogP contribution < -0.4 is 10.2 Å². The number of para-hydroxylation sites is 1. The van der Waals surface area contributed by atoms with Gasteiger partial charge >= 0.3 is 0 Å². The number of fused-ring (bicyclic) bond motifs is 1. The molecule has 1 aromatic heterocycles. The summed E-state index contributed by atoms with van der Waals surface area (Å²) < 4.78 is 28.0. The molecule has 200 valence electrons. The average Bonchev–Trinajstić information content (AvgIpc) is 2.92. The zero-order valence-corrected chi connectivity index (χ0v) is 22.6. The summed E-state index contributed by atoms with van der Waals surface area (Å²) in [7, 11) is -3.74. The average molecular weight is 536 g/mol. The van der Waals surface area contributed by atoms with Crippen molar-refractivity contribution in [3.05, 3.63) is 60.3 Å². The van der Waals surface area contributed by atoms with Gasteiger partial charge in [-0.2, -0.15) is 4.31 Å². The first-order chi connectivity index (χ1) is 18.2. The maximum atomic E-state index is 13.5. The summed E-state index contributed by atoms with van der Waals surface area (Å²) in [6.07, 6.45) is 1.32. The minimum absolute atomic E-state index is 0.0290. The molecule has 2 amide bonds. The van der Waals surface area contributed by atoms with Crippen LogP contribution in [0.25, 0.3) is 10.9 Å². The molecule has 3 heterocycles. The summed E-state index contributed by atoms with van der Waals surface area (Å²) in [6, 6.07) is 16.4. The van der Waals surface area contributed by atoms with Crippen molar-refractivity contribution in [2.75, 3.05) is 49.5 Å². The SMILES string of the molecule is CC(=O)Nc1ccc(S(=O)(=O)N2CCC[C@H](C(=O)N3CCN(c4cc(C)nc5ccccc45)CC3)C2)cc1. The first-order valence-corrected chi connectivity index (χ1v) is 14.4. The van der Waals surface area contributed by atoms with Crippen molar-refractivity contribution in [3.8, 4) is 0 Å². The third kappa shape index (κ3) is 5.37. The predicted octanol–water partition coefficient (Wildman–Crippen LogP) is 3.25. The van der Waals surface area contributed by atoms with E-state index >= 15 is 0 Å². The van der Waals surface area contributed by atoms with Crippen molar-refractivity contribution < 1.29 is 18.0 Å². The van der Waals surface area contributed by atoms with Crippen molar-refractivity contribution in [1.29, 1.82) is 0 Å². The van der Waals surface area contributed by atoms with Gasteiger partial charge in [0.2, 0.25) is 21.8 Å². The highest BCUT2D eigenvalue weighted by atomic mass is 32.2. The molecule has 10 heteroatoms. The molecule has 38 heavy (non-hydrogen) atoms. The number of hydrogen-bond acceptors (Lipinski definition) is 6. The zero-order valence-electron chi connectivity index (χ0n) is 21.8. The van der Waals surface area contributed by atoms with Crippen molar-refractivity contribution in [1.82, 2.24) is 14.2 Å². The molecule has 2 fully saturated rings. The fourth-order valence-electron chi connectivity index (χ4n) is 5.40. The van der Waals surface area contributed by atoms with Crippen LogP contribution >= 0.6 is 0 Å². The Morgan fingerprint density at radius 1 is 0.974 bits per heavy atom. The van der Waals surface area contributed by atoms with Crippen LogP contribution in [0.4, 0.5) is 11.4 Å². The van der Waals surface area contributed by atoms with E-state index in [1.165, 1.54) is 23.4 Å². The number of anilines is 2. The second kappa shape index (κ2) is 10.7. The molecule has 9 nitrogen and oxygen atoms in total. The highest BCUT2D eigenvalue weighted by molar-refractivity contribution is 7.89. The Kier molecular flexibility index (Phi) is 7.36. The van der Waals surface area contributed by atoms with E-state index in [4.69, 9.17) is 0 Å². The molecule has 2 aliphatic heterocycles. The Labute approximate surface area is 223 Å². The fraction of sp³-hybridized carbons (Fsp3) is 0.393. The van der Waals surface area contributed by atoms with E-state index in [0.29, 0.717) is 51.3 Å². The van der Waals surface area contributed by atoms with E-state index in [9.17, 15) is 18.0 Å². The second-order valence-electron chi connectivity index (χ2n) is 10.0. The van der Waals surface area contributed by atoms with E-state index in [-0.39, 0.29) is 29.2 Å². The molecular weight excluding hydrogens is 502 g/mol. The lowest BCUT2D eigenvalue weighted by atomic mass is 9.97. The third-order valence-corrected chi connectivity index (χ3v) is 9.18. The summed E-state index contributed by atoms with van der Waals surface area (Å²) >= 11 is 0. The molecule has 0 saturated carbocycles. The van der Waals surface area contributed by atoms with Crippen molar-refractivity contribution in [3.63, 3.8) is 0 Å². The molecule has 0 radical (unpaired) electrons. The van der Waals surface area contributed by atoms with Crippen molar-refractivity contribution >= 4 is 44.1 Å². The molecular formula is C28H33N5O4S. The number of amides is 2. The minimum Gasteiger partial charge on any atom is -0.367 e. The lowest BCUT2D eigenvalue weighted by Gasteiger charge is -2.39. The van der Waals surface area contributed by atoms with Gasteiger partial charge in [-0.05, 0) is 56.2 Å². The number of nitrogens with one attached hydrogen (secondary N) is 1. The van der Waals surface area contributed by atoms with E-state index in [1.54, 1.807) is 12.1 Å². The van der Waals surface area contributed by atoms with Crippen molar-refractivity contribution in [2.24, 2.45) is 5.92 Å². The van der Waals surface area contributed by atoms with E-state index in [0.717, 1.165) is 22.3 Å². The Balaban J connectivity index is 1.23. The number of carbonyl (C=O) groups excluding carboxylic acids is 2. The summed E-state index contributed by atoms with van der Waals surface area (Å²) in [6.45, 7) is 6.60. The van der Waals surface area contributed by atoms with Crippen molar-refractivity contribution in [2.45, 2.75) is 31.6 Å². The minimum atomic E-state index is -3.74. The van der Waals surface area contributed by atoms with Gasteiger partial charge in [0, 0.05) is 68.6 Å². The molecule has 0 spiro atoms. The topological polar surface area (TPSA) is 103 Å². The number of sulfonamides is 1. The first-order valence-electron chi connectivity index (χ1n) is 13.0. The van der Waals surface area contributed by atoms with Gasteiger partial charge in [0.15, 0.2) is 0 Å². The molecule has 5 rings (SSSR count). The zero-order chi connectivity index (χ0) is 26.9. The molecule has 2 saturated heterocycles. The van der Waals surface area contributed by atoms with Crippen LogP contribution in [-0.2, 0) is 19.6 Å². The van der Waals surface area contributed by atoms with E-state index in [2.05, 4.69) is 27.3 Å². The number of nitrogens with zero attached hydrogens (tertiary/aromatic N) is 4. The van der Waals surface area contributed by atoms with Gasteiger partial charge in [-0.3, -0.25) is 14.6 Å². The number of benzene rings is 2. The normalized spacial score (nSPS) is 18.9. The highest BCUT2D eigenvalue weighted by Gasteiger charge is 2.36. The summed E-state index contributed by atoms with van der Waals surface area (Å²) in [5.41, 5.74) is 3.61. The Morgan fingerprint density at radius 2 is 1.68 bits per heavy atom. The molecule has 2 aliphatic rings. The van der Waals surface area contributed by atoms with Gasteiger partial charge in [-0.1, -0.05) is 18.2 Å². The number of pyridine rings is 1. The molecule has 0 unspecified atom stereocenters. The predicted molar refractivity (Wildman–Crippen MR) is 148 cm³/mol. The molecule has 1 atom stereocenters. The molecule has 0 aliphatic carbocycles. The monoisotopic (exact) mass is 535 g/mol. The summed E-state index contributed by atoms with van der Waals surface area (Å²) in [5.74, 6) is -0.544. The molecule has 0 bridgehead atoms. The maximum Gasteiger partial charge on any atom is 0.243 e. The molecule has 3 aromatic rings. The lowest BCUT2D eigenvalue weighted by Crippen LogP contribution is -2.53. The number of piperidine rings is 1. The van der Waals surface area contributed by atoms with Gasteiger partial charge in [-0.15, -0.1) is 0 Å². The first kappa shape index (κ1) is 26.1. The van der Waals surface area contributed by atoms with Crippen LogP contribution in [0.1, 0.15) is 25.5 Å². The molecule has 2 aromatic carbocycles. The number of carbonyl (C=O) groups is 2. The molecule has 1 N–H and O–H groups in total. The number of rotatable bonds is 5. The smallest absolute Gasteiger partial charge is 0.243 e. The van der Waals surface area contributed by atoms with Crippen LogP contribution in [0.15, 0.2) is 59.5 Å². The Bertz CT molecular complexity index is 1450. The van der Waals surface area contributed by atoms with Gasteiger partial charge in [0.25, 0.3) is 0 Å². The van der Waals surface area contributed by atoms with Gasteiger partial charge in [-0.25, -0.2) is 8.42 Å².